The third-order valence-corrected chi connectivity index (χ3v) is 3.40. The minimum atomic E-state index is 0.915. The molecular weight excluding hydrogens is 236 g/mol. The first-order valence-corrected chi connectivity index (χ1v) is 6.55. The Hall–Kier alpha value is -2.07. The quantitative estimate of drug-likeness (QED) is 0.670. The Morgan fingerprint density at radius 1 is 1.21 bits per heavy atom. The lowest BCUT2D eigenvalue weighted by atomic mass is 10.1. The van der Waals surface area contributed by atoms with Gasteiger partial charge in [0.15, 0.2) is 0 Å². The van der Waals surface area contributed by atoms with Gasteiger partial charge in [-0.1, -0.05) is 18.2 Å². The van der Waals surface area contributed by atoms with Crippen LogP contribution in [0.3, 0.4) is 0 Å². The van der Waals surface area contributed by atoms with Crippen molar-refractivity contribution in [2.75, 3.05) is 13.6 Å². The predicted octanol–water partition coefficient (Wildman–Crippen LogP) is 2.63. The van der Waals surface area contributed by atoms with Gasteiger partial charge in [0.1, 0.15) is 5.82 Å². The molecule has 0 atom stereocenters. The Labute approximate surface area is 112 Å². The van der Waals surface area contributed by atoms with Gasteiger partial charge in [0.05, 0.1) is 11.9 Å². The lowest BCUT2D eigenvalue weighted by molar-refractivity contribution is 0.764. The van der Waals surface area contributed by atoms with Crippen molar-refractivity contribution in [2.24, 2.45) is 0 Å². The minimum Gasteiger partial charge on any atom is -0.358 e. The largest absolute Gasteiger partial charge is 0.358 e. The van der Waals surface area contributed by atoms with Crippen molar-refractivity contribution in [1.82, 2.24) is 20.3 Å². The molecule has 0 spiro atoms. The van der Waals surface area contributed by atoms with Gasteiger partial charge in [0.2, 0.25) is 0 Å². The Kier molecular flexibility index (Phi) is 3.09. The molecule has 19 heavy (non-hydrogen) atoms. The molecule has 2 aromatic heterocycles. The van der Waals surface area contributed by atoms with Crippen molar-refractivity contribution >= 4 is 10.9 Å². The molecule has 4 nitrogen and oxygen atoms in total. The summed E-state index contributed by atoms with van der Waals surface area (Å²) in [6.07, 6.45) is 2.84. The number of hydrogen-bond donors (Lipinski definition) is 3. The van der Waals surface area contributed by atoms with Gasteiger partial charge >= 0.3 is 0 Å². The summed E-state index contributed by atoms with van der Waals surface area (Å²) in [4.78, 5) is 11.3. The highest BCUT2D eigenvalue weighted by molar-refractivity contribution is 5.96. The molecule has 0 fully saturated rings. The second-order valence-corrected chi connectivity index (χ2v) is 4.77. The molecule has 3 rings (SSSR count). The van der Waals surface area contributed by atoms with Gasteiger partial charge in [-0.15, -0.1) is 0 Å². The van der Waals surface area contributed by atoms with E-state index in [1.807, 2.05) is 19.3 Å². The van der Waals surface area contributed by atoms with Crippen LogP contribution >= 0.6 is 0 Å². The van der Waals surface area contributed by atoms with Crippen LogP contribution in [0.2, 0.25) is 0 Å². The standard InChI is InChI=1S/C15H18N4/c1-10-15(11-5-3-4-6-12(11)18-10)13-9-17-14(19-13)7-8-16-2/h3-6,9,16,18H,7-8H2,1-2H3,(H,17,19). The molecule has 0 aliphatic carbocycles. The SMILES string of the molecule is CNCCc1ncc(-c2c(C)[nH]c3ccccc23)[nH]1. The van der Waals surface area contributed by atoms with E-state index >= 15 is 0 Å². The maximum Gasteiger partial charge on any atom is 0.107 e. The molecule has 98 valence electrons. The number of H-pyrrole nitrogens is 2. The van der Waals surface area contributed by atoms with E-state index in [1.165, 1.54) is 22.2 Å². The Balaban J connectivity index is 2.04. The van der Waals surface area contributed by atoms with Crippen LogP contribution in [0, 0.1) is 6.92 Å². The first-order valence-electron chi connectivity index (χ1n) is 6.55. The average molecular weight is 254 g/mol. The molecule has 0 saturated carbocycles. The lowest BCUT2D eigenvalue weighted by Crippen LogP contribution is -2.11. The summed E-state index contributed by atoms with van der Waals surface area (Å²) < 4.78 is 0. The maximum absolute atomic E-state index is 4.45. The fourth-order valence-corrected chi connectivity index (χ4v) is 2.48. The van der Waals surface area contributed by atoms with E-state index in [9.17, 15) is 0 Å². The third-order valence-electron chi connectivity index (χ3n) is 3.40. The van der Waals surface area contributed by atoms with E-state index < -0.39 is 0 Å². The monoisotopic (exact) mass is 254 g/mol. The Bertz CT molecular complexity index is 693. The van der Waals surface area contributed by atoms with Crippen LogP contribution < -0.4 is 5.32 Å². The summed E-state index contributed by atoms with van der Waals surface area (Å²) in [5, 5.41) is 4.37. The summed E-state index contributed by atoms with van der Waals surface area (Å²) in [6, 6.07) is 8.36. The molecule has 0 saturated heterocycles. The zero-order chi connectivity index (χ0) is 13.2. The van der Waals surface area contributed by atoms with Crippen LogP contribution in [0.5, 0.6) is 0 Å². The fraction of sp³-hybridized carbons (Fsp3) is 0.267. The second kappa shape index (κ2) is 4.90. The minimum absolute atomic E-state index is 0.915. The van der Waals surface area contributed by atoms with Gasteiger partial charge in [-0.25, -0.2) is 4.98 Å². The number of nitrogens with one attached hydrogen (secondary N) is 3. The molecule has 0 bridgehead atoms. The number of aryl methyl sites for hydroxylation is 1. The normalized spacial score (nSPS) is 11.3. The van der Waals surface area contributed by atoms with Crippen molar-refractivity contribution in [3.8, 4) is 11.3 Å². The Morgan fingerprint density at radius 3 is 2.89 bits per heavy atom. The van der Waals surface area contributed by atoms with Crippen LogP contribution in [0.4, 0.5) is 0 Å². The molecular formula is C15H18N4. The van der Waals surface area contributed by atoms with Crippen LogP contribution in [0.25, 0.3) is 22.2 Å². The van der Waals surface area contributed by atoms with Crippen molar-refractivity contribution in [3.63, 3.8) is 0 Å². The number of likely N-dealkylation sites (N-methyl/N-ethyl adjacent to an activating group) is 1. The molecule has 0 radical (unpaired) electrons. The number of imidazole rings is 1. The molecule has 4 heteroatoms. The van der Waals surface area contributed by atoms with Crippen LogP contribution in [0.1, 0.15) is 11.5 Å². The van der Waals surface area contributed by atoms with Crippen molar-refractivity contribution in [2.45, 2.75) is 13.3 Å². The summed E-state index contributed by atoms with van der Waals surface area (Å²) >= 11 is 0. The Morgan fingerprint density at radius 2 is 2.05 bits per heavy atom. The van der Waals surface area contributed by atoms with Gasteiger partial charge in [0.25, 0.3) is 0 Å². The van der Waals surface area contributed by atoms with E-state index in [-0.39, 0.29) is 0 Å². The predicted molar refractivity (Wildman–Crippen MR) is 78.2 cm³/mol. The van der Waals surface area contributed by atoms with Crippen LogP contribution in [-0.2, 0) is 6.42 Å². The number of aromatic amines is 2. The first kappa shape index (κ1) is 12.0. The number of hydrogen-bond acceptors (Lipinski definition) is 2. The van der Waals surface area contributed by atoms with Crippen molar-refractivity contribution in [1.29, 1.82) is 0 Å². The molecule has 0 unspecified atom stereocenters. The van der Waals surface area contributed by atoms with Gasteiger partial charge in [0, 0.05) is 35.1 Å². The molecule has 0 aliphatic rings. The number of benzene rings is 1. The highest BCUT2D eigenvalue weighted by atomic mass is 14.9. The highest BCUT2D eigenvalue weighted by Gasteiger charge is 2.12. The molecule has 1 aromatic carbocycles. The summed E-state index contributed by atoms with van der Waals surface area (Å²) in [5.41, 5.74) is 4.64. The van der Waals surface area contributed by atoms with E-state index in [0.717, 1.165) is 24.5 Å². The molecule has 3 aromatic rings. The first-order chi connectivity index (χ1) is 9.29. The molecule has 0 aliphatic heterocycles. The topological polar surface area (TPSA) is 56.5 Å². The number of rotatable bonds is 4. The summed E-state index contributed by atoms with van der Waals surface area (Å²) in [5.74, 6) is 1.02. The number of para-hydroxylation sites is 1. The fourth-order valence-electron chi connectivity index (χ4n) is 2.48. The van der Waals surface area contributed by atoms with E-state index in [0.29, 0.717) is 0 Å². The van der Waals surface area contributed by atoms with E-state index in [2.05, 4.69) is 45.4 Å². The zero-order valence-electron chi connectivity index (χ0n) is 11.2. The number of nitrogens with zero attached hydrogens (tertiary/aromatic N) is 1. The average Bonchev–Trinajstić information content (AvgIpc) is 2.99. The van der Waals surface area contributed by atoms with E-state index in [4.69, 9.17) is 0 Å². The lowest BCUT2D eigenvalue weighted by Gasteiger charge is -1.98. The third kappa shape index (κ3) is 2.15. The smallest absolute Gasteiger partial charge is 0.107 e. The van der Waals surface area contributed by atoms with Gasteiger partial charge in [-0.2, -0.15) is 0 Å². The second-order valence-electron chi connectivity index (χ2n) is 4.77. The molecule has 0 amide bonds. The highest BCUT2D eigenvalue weighted by Crippen LogP contribution is 2.30. The van der Waals surface area contributed by atoms with Crippen LogP contribution in [-0.4, -0.2) is 28.5 Å². The zero-order valence-corrected chi connectivity index (χ0v) is 11.2. The van der Waals surface area contributed by atoms with E-state index in [1.54, 1.807) is 0 Å². The summed E-state index contributed by atoms with van der Waals surface area (Å²) in [7, 11) is 1.95. The van der Waals surface area contributed by atoms with Gasteiger partial charge in [-0.3, -0.25) is 0 Å². The van der Waals surface area contributed by atoms with Crippen molar-refractivity contribution in [3.05, 3.63) is 42.0 Å². The number of aromatic nitrogens is 3. The summed E-state index contributed by atoms with van der Waals surface area (Å²) in [6.45, 7) is 3.03. The number of fused-ring (bicyclic) bond motifs is 1. The van der Waals surface area contributed by atoms with Crippen molar-refractivity contribution < 1.29 is 0 Å². The maximum atomic E-state index is 4.45. The van der Waals surface area contributed by atoms with Crippen LogP contribution in [0.15, 0.2) is 30.5 Å². The van der Waals surface area contributed by atoms with Gasteiger partial charge in [-0.05, 0) is 20.0 Å². The van der Waals surface area contributed by atoms with Gasteiger partial charge < -0.3 is 15.3 Å². The molecule has 3 N–H and O–H groups in total. The molecule has 2 heterocycles.